The van der Waals surface area contributed by atoms with Gasteiger partial charge in [-0.2, -0.15) is 0 Å². The number of rotatable bonds is 3. The Bertz CT molecular complexity index is 438. The summed E-state index contributed by atoms with van der Waals surface area (Å²) < 4.78 is 4.99. The lowest BCUT2D eigenvalue weighted by molar-refractivity contribution is 0.0696. The van der Waals surface area contributed by atoms with Crippen LogP contribution in [0.4, 0.5) is 0 Å². The molecule has 0 amide bonds. The van der Waals surface area contributed by atoms with Crippen molar-refractivity contribution in [1.82, 2.24) is 5.32 Å². The third kappa shape index (κ3) is 2.19. The predicted molar refractivity (Wildman–Crippen MR) is 61.6 cm³/mol. The fourth-order valence-corrected chi connectivity index (χ4v) is 2.12. The molecule has 0 bridgehead atoms. The monoisotopic (exact) mass is 237 g/mol. The van der Waals surface area contributed by atoms with Gasteiger partial charge in [0, 0.05) is 11.6 Å². The Morgan fingerprint density at radius 1 is 1.53 bits per heavy atom. The van der Waals surface area contributed by atoms with Crippen molar-refractivity contribution < 1.29 is 19.7 Å². The second kappa shape index (κ2) is 4.63. The first-order valence-corrected chi connectivity index (χ1v) is 5.51. The van der Waals surface area contributed by atoms with Crippen molar-refractivity contribution in [2.75, 3.05) is 13.7 Å². The Morgan fingerprint density at radius 3 is 2.82 bits per heavy atom. The van der Waals surface area contributed by atoms with Crippen LogP contribution in [0.2, 0.25) is 0 Å². The third-order valence-corrected chi connectivity index (χ3v) is 3.01. The van der Waals surface area contributed by atoms with Crippen LogP contribution in [0.1, 0.15) is 34.8 Å². The molecule has 0 radical (unpaired) electrons. The van der Waals surface area contributed by atoms with Crippen molar-refractivity contribution in [2.45, 2.75) is 18.9 Å². The summed E-state index contributed by atoms with van der Waals surface area (Å²) in [6.45, 7) is 0.879. The molecule has 1 unspecified atom stereocenters. The molecule has 3 N–H and O–H groups in total. The fourth-order valence-electron chi connectivity index (χ4n) is 2.12. The number of methoxy groups -OCH3 is 1. The van der Waals surface area contributed by atoms with Crippen LogP contribution < -0.4 is 10.1 Å². The van der Waals surface area contributed by atoms with Gasteiger partial charge in [0.25, 0.3) is 0 Å². The average Bonchev–Trinajstić information content (AvgIpc) is 2.82. The molecule has 2 rings (SSSR count). The van der Waals surface area contributed by atoms with Crippen LogP contribution in [0.25, 0.3) is 0 Å². The Hall–Kier alpha value is -1.75. The van der Waals surface area contributed by atoms with Gasteiger partial charge >= 0.3 is 5.97 Å². The highest BCUT2D eigenvalue weighted by Gasteiger charge is 2.23. The standard InChI is InChI=1S/C12H15NO4/c1-17-10-6-7(12(15)16)5-8(11(10)14)9-3-2-4-13-9/h5-6,9,13-14H,2-4H2,1H3,(H,15,16). The van der Waals surface area contributed by atoms with Crippen LogP contribution in [0.3, 0.4) is 0 Å². The van der Waals surface area contributed by atoms with Crippen molar-refractivity contribution in [3.63, 3.8) is 0 Å². The first-order chi connectivity index (χ1) is 8.13. The topological polar surface area (TPSA) is 78.8 Å². The molecule has 92 valence electrons. The van der Waals surface area contributed by atoms with E-state index in [1.165, 1.54) is 19.2 Å². The second-order valence-electron chi connectivity index (χ2n) is 4.07. The summed E-state index contributed by atoms with van der Waals surface area (Å²) in [7, 11) is 1.41. The van der Waals surface area contributed by atoms with Gasteiger partial charge in [-0.3, -0.25) is 0 Å². The van der Waals surface area contributed by atoms with Crippen molar-refractivity contribution in [3.8, 4) is 11.5 Å². The summed E-state index contributed by atoms with van der Waals surface area (Å²) in [5.41, 5.74) is 0.725. The molecule has 17 heavy (non-hydrogen) atoms. The van der Waals surface area contributed by atoms with Gasteiger partial charge < -0.3 is 20.3 Å². The number of carboxylic acids is 1. The number of aromatic carboxylic acids is 1. The van der Waals surface area contributed by atoms with E-state index < -0.39 is 5.97 Å². The van der Waals surface area contributed by atoms with Gasteiger partial charge in [-0.25, -0.2) is 4.79 Å². The molecule has 1 aliphatic heterocycles. The van der Waals surface area contributed by atoms with E-state index in [1.54, 1.807) is 0 Å². The zero-order valence-corrected chi connectivity index (χ0v) is 9.56. The number of phenolic OH excluding ortho intramolecular Hbond substituents is 1. The van der Waals surface area contributed by atoms with Gasteiger partial charge in [0.1, 0.15) is 0 Å². The molecule has 5 nitrogen and oxygen atoms in total. The molecule has 0 aliphatic carbocycles. The third-order valence-electron chi connectivity index (χ3n) is 3.01. The van der Waals surface area contributed by atoms with Crippen molar-refractivity contribution >= 4 is 5.97 Å². The van der Waals surface area contributed by atoms with E-state index in [1.807, 2.05) is 0 Å². The highest BCUT2D eigenvalue weighted by Crippen LogP contribution is 2.37. The molecule has 5 heteroatoms. The zero-order chi connectivity index (χ0) is 12.4. The first kappa shape index (κ1) is 11.7. The molecule has 1 fully saturated rings. The SMILES string of the molecule is COc1cc(C(=O)O)cc(C2CCCN2)c1O. The Kier molecular flexibility index (Phi) is 3.19. The summed E-state index contributed by atoms with van der Waals surface area (Å²) in [6, 6.07) is 2.84. The number of aromatic hydroxyl groups is 1. The van der Waals surface area contributed by atoms with Crippen LogP contribution in [-0.4, -0.2) is 29.8 Å². The van der Waals surface area contributed by atoms with Crippen LogP contribution in [0.15, 0.2) is 12.1 Å². The highest BCUT2D eigenvalue weighted by molar-refractivity contribution is 5.89. The van der Waals surface area contributed by atoms with Gasteiger partial charge in [0.05, 0.1) is 12.7 Å². The Morgan fingerprint density at radius 2 is 2.29 bits per heavy atom. The predicted octanol–water partition coefficient (Wildman–Crippen LogP) is 1.52. The number of ether oxygens (including phenoxy) is 1. The van der Waals surface area contributed by atoms with Gasteiger partial charge in [0.15, 0.2) is 11.5 Å². The minimum absolute atomic E-state index is 0.00296. The minimum Gasteiger partial charge on any atom is -0.504 e. The maximum absolute atomic E-state index is 11.0. The number of hydrogen-bond donors (Lipinski definition) is 3. The molecule has 1 atom stereocenters. The van der Waals surface area contributed by atoms with Gasteiger partial charge in [-0.1, -0.05) is 0 Å². The normalized spacial score (nSPS) is 19.2. The minimum atomic E-state index is -1.03. The van der Waals surface area contributed by atoms with E-state index in [2.05, 4.69) is 5.32 Å². The maximum Gasteiger partial charge on any atom is 0.335 e. The molecule has 1 aliphatic rings. The van der Waals surface area contributed by atoms with Gasteiger partial charge in [-0.05, 0) is 31.5 Å². The van der Waals surface area contributed by atoms with Crippen molar-refractivity contribution in [2.24, 2.45) is 0 Å². The van der Waals surface area contributed by atoms with E-state index in [-0.39, 0.29) is 23.1 Å². The number of benzene rings is 1. The fraction of sp³-hybridized carbons (Fsp3) is 0.417. The molecule has 0 spiro atoms. The molecular formula is C12H15NO4. The lowest BCUT2D eigenvalue weighted by Crippen LogP contribution is -2.14. The summed E-state index contributed by atoms with van der Waals surface area (Å²) in [5.74, 6) is -0.798. The number of carbonyl (C=O) groups is 1. The molecule has 0 aromatic heterocycles. The quantitative estimate of drug-likeness (QED) is 0.743. The summed E-state index contributed by atoms with van der Waals surface area (Å²) >= 11 is 0. The smallest absolute Gasteiger partial charge is 0.335 e. The molecule has 1 saturated heterocycles. The Labute approximate surface area is 99.0 Å². The van der Waals surface area contributed by atoms with Crippen LogP contribution in [0, 0.1) is 0 Å². The molecule has 1 aromatic rings. The van der Waals surface area contributed by atoms with Crippen LogP contribution >= 0.6 is 0 Å². The van der Waals surface area contributed by atoms with E-state index in [9.17, 15) is 9.90 Å². The number of phenols is 1. The van der Waals surface area contributed by atoms with E-state index in [4.69, 9.17) is 9.84 Å². The lowest BCUT2D eigenvalue weighted by atomic mass is 10.0. The Balaban J connectivity index is 2.48. The van der Waals surface area contributed by atoms with Gasteiger partial charge in [0.2, 0.25) is 0 Å². The largest absolute Gasteiger partial charge is 0.504 e. The van der Waals surface area contributed by atoms with Crippen molar-refractivity contribution in [3.05, 3.63) is 23.3 Å². The summed E-state index contributed by atoms with van der Waals surface area (Å²) in [4.78, 5) is 11.0. The van der Waals surface area contributed by atoms with E-state index in [0.717, 1.165) is 19.4 Å². The van der Waals surface area contributed by atoms with Crippen LogP contribution in [-0.2, 0) is 0 Å². The van der Waals surface area contributed by atoms with Crippen LogP contribution in [0.5, 0.6) is 11.5 Å². The van der Waals surface area contributed by atoms with E-state index in [0.29, 0.717) is 5.56 Å². The number of nitrogens with one attached hydrogen (secondary N) is 1. The zero-order valence-electron chi connectivity index (χ0n) is 9.56. The van der Waals surface area contributed by atoms with Gasteiger partial charge in [-0.15, -0.1) is 0 Å². The summed E-state index contributed by atoms with van der Waals surface area (Å²) in [5, 5.41) is 22.2. The number of carboxylic acid groups (broad SMARTS) is 1. The summed E-state index contributed by atoms with van der Waals surface area (Å²) in [6.07, 6.45) is 1.91. The van der Waals surface area contributed by atoms with Crippen molar-refractivity contribution in [1.29, 1.82) is 0 Å². The first-order valence-electron chi connectivity index (χ1n) is 5.51. The average molecular weight is 237 g/mol. The molecular weight excluding hydrogens is 222 g/mol. The molecule has 0 saturated carbocycles. The molecule has 1 aromatic carbocycles. The van der Waals surface area contributed by atoms with E-state index >= 15 is 0 Å². The maximum atomic E-state index is 11.0. The second-order valence-corrected chi connectivity index (χ2v) is 4.07. The lowest BCUT2D eigenvalue weighted by Gasteiger charge is -2.15. The molecule has 1 heterocycles. The number of hydrogen-bond acceptors (Lipinski definition) is 4. The highest BCUT2D eigenvalue weighted by atomic mass is 16.5.